The maximum absolute atomic E-state index is 13.1. The molecule has 0 bridgehead atoms. The van der Waals surface area contributed by atoms with E-state index in [1.54, 1.807) is 6.20 Å². The Morgan fingerprint density at radius 2 is 2.22 bits per heavy atom. The maximum atomic E-state index is 13.1. The van der Waals surface area contributed by atoms with Crippen LogP contribution in [0.5, 0.6) is 5.75 Å². The van der Waals surface area contributed by atoms with Gasteiger partial charge in [-0.3, -0.25) is 4.79 Å². The van der Waals surface area contributed by atoms with Crippen molar-refractivity contribution in [2.24, 2.45) is 7.05 Å². The van der Waals surface area contributed by atoms with E-state index in [-0.39, 0.29) is 18.1 Å². The predicted molar refractivity (Wildman–Crippen MR) is 101 cm³/mol. The van der Waals surface area contributed by atoms with Crippen LogP contribution in [0.3, 0.4) is 0 Å². The summed E-state index contributed by atoms with van der Waals surface area (Å²) in [6.45, 7) is 3.54. The van der Waals surface area contributed by atoms with E-state index in [2.05, 4.69) is 10.3 Å². The molecule has 3 heterocycles. The summed E-state index contributed by atoms with van der Waals surface area (Å²) in [7, 11) is 1.96. The highest BCUT2D eigenvalue weighted by molar-refractivity contribution is 5.94. The molecule has 1 amide bonds. The Morgan fingerprint density at radius 1 is 1.37 bits per heavy atom. The maximum Gasteiger partial charge on any atom is 0.254 e. The summed E-state index contributed by atoms with van der Waals surface area (Å²) in [5, 5.41) is 3.36. The van der Waals surface area contributed by atoms with Crippen LogP contribution < -0.4 is 10.1 Å². The Hall–Kier alpha value is -2.38. The number of carbonyl (C=O) groups is 1. The number of aromatic nitrogens is 2. The van der Waals surface area contributed by atoms with Crippen LogP contribution >= 0.6 is 0 Å². The first-order chi connectivity index (χ1) is 13.2. The lowest BCUT2D eigenvalue weighted by atomic mass is 10.1. The molecule has 2 aliphatic rings. The van der Waals surface area contributed by atoms with Gasteiger partial charge in [0.05, 0.1) is 6.10 Å². The fourth-order valence-electron chi connectivity index (χ4n) is 3.70. The highest BCUT2D eigenvalue weighted by Crippen LogP contribution is 2.24. The molecule has 1 aromatic heterocycles. The average molecular weight is 370 g/mol. The molecule has 0 spiro atoms. The van der Waals surface area contributed by atoms with Gasteiger partial charge in [-0.1, -0.05) is 0 Å². The molecular weight excluding hydrogens is 344 g/mol. The first-order valence-electron chi connectivity index (χ1n) is 9.56. The lowest BCUT2D eigenvalue weighted by molar-refractivity contribution is 0.0619. The van der Waals surface area contributed by atoms with Crippen LogP contribution in [0.25, 0.3) is 0 Å². The second-order valence-corrected chi connectivity index (χ2v) is 7.09. The molecule has 2 aliphatic heterocycles. The third kappa shape index (κ3) is 3.99. The molecule has 144 valence electrons. The Bertz CT molecular complexity index is 768. The van der Waals surface area contributed by atoms with Gasteiger partial charge in [-0.2, -0.15) is 0 Å². The summed E-state index contributed by atoms with van der Waals surface area (Å²) in [6.07, 6.45) is 6.02. The van der Waals surface area contributed by atoms with E-state index in [1.807, 2.05) is 47.0 Å². The van der Waals surface area contributed by atoms with Gasteiger partial charge >= 0.3 is 0 Å². The Morgan fingerprint density at radius 3 is 2.93 bits per heavy atom. The third-order valence-electron chi connectivity index (χ3n) is 5.22. The van der Waals surface area contributed by atoms with Gasteiger partial charge < -0.3 is 24.3 Å². The first-order valence-corrected chi connectivity index (χ1v) is 9.56. The van der Waals surface area contributed by atoms with Gasteiger partial charge in [0.15, 0.2) is 0 Å². The SMILES string of the molecule is Cn1ccnc1C1CNCCN1C(=O)c1ccc(OCC2CCCO2)cc1. The van der Waals surface area contributed by atoms with Crippen molar-refractivity contribution in [1.82, 2.24) is 19.8 Å². The number of ether oxygens (including phenoxy) is 2. The van der Waals surface area contributed by atoms with Crippen molar-refractivity contribution >= 4 is 5.91 Å². The Labute approximate surface area is 159 Å². The van der Waals surface area contributed by atoms with Crippen LogP contribution in [0.1, 0.15) is 35.1 Å². The molecule has 2 aromatic rings. The van der Waals surface area contributed by atoms with Gasteiger partial charge in [0, 0.05) is 51.2 Å². The number of rotatable bonds is 5. The van der Waals surface area contributed by atoms with Crippen LogP contribution in [0, 0.1) is 0 Å². The van der Waals surface area contributed by atoms with E-state index in [9.17, 15) is 4.79 Å². The number of hydrogen-bond acceptors (Lipinski definition) is 5. The van der Waals surface area contributed by atoms with Gasteiger partial charge in [-0.25, -0.2) is 4.98 Å². The Kier molecular flexibility index (Phi) is 5.40. The van der Waals surface area contributed by atoms with Crippen molar-refractivity contribution in [2.75, 3.05) is 32.8 Å². The molecule has 0 aliphatic carbocycles. The van der Waals surface area contributed by atoms with Crippen LogP contribution in [-0.2, 0) is 11.8 Å². The Balaban J connectivity index is 1.43. The molecule has 4 rings (SSSR count). The molecule has 1 N–H and O–H groups in total. The number of aryl methyl sites for hydroxylation is 1. The monoisotopic (exact) mass is 370 g/mol. The smallest absolute Gasteiger partial charge is 0.254 e. The predicted octanol–water partition coefficient (Wildman–Crippen LogP) is 1.76. The fourth-order valence-corrected chi connectivity index (χ4v) is 3.70. The number of benzene rings is 1. The van der Waals surface area contributed by atoms with Crippen molar-refractivity contribution in [3.63, 3.8) is 0 Å². The normalized spacial score (nSPS) is 22.8. The molecule has 7 nitrogen and oxygen atoms in total. The van der Waals surface area contributed by atoms with Crippen LogP contribution in [-0.4, -0.2) is 59.3 Å². The van der Waals surface area contributed by atoms with E-state index in [1.165, 1.54) is 0 Å². The summed E-state index contributed by atoms with van der Waals surface area (Å²) in [5.74, 6) is 1.69. The second-order valence-electron chi connectivity index (χ2n) is 7.09. The molecule has 7 heteroatoms. The number of carbonyl (C=O) groups excluding carboxylic acids is 1. The zero-order valence-corrected chi connectivity index (χ0v) is 15.6. The van der Waals surface area contributed by atoms with Crippen molar-refractivity contribution in [3.8, 4) is 5.75 Å². The molecule has 1 aromatic carbocycles. The lowest BCUT2D eigenvalue weighted by Gasteiger charge is -2.35. The zero-order chi connectivity index (χ0) is 18.6. The van der Waals surface area contributed by atoms with E-state index in [4.69, 9.17) is 9.47 Å². The first kappa shape index (κ1) is 18.0. The van der Waals surface area contributed by atoms with Crippen molar-refractivity contribution in [3.05, 3.63) is 48.0 Å². The van der Waals surface area contributed by atoms with Crippen LogP contribution in [0.4, 0.5) is 0 Å². The number of piperazine rings is 1. The standard InChI is InChI=1S/C20H26N4O3/c1-23-10-9-22-19(23)18-13-21-8-11-24(18)20(25)15-4-6-16(7-5-15)27-14-17-3-2-12-26-17/h4-7,9-10,17-18,21H,2-3,8,11-14H2,1H3. The van der Waals surface area contributed by atoms with Crippen LogP contribution in [0.2, 0.25) is 0 Å². The summed E-state index contributed by atoms with van der Waals surface area (Å²) in [6, 6.07) is 7.33. The molecule has 2 fully saturated rings. The summed E-state index contributed by atoms with van der Waals surface area (Å²) >= 11 is 0. The largest absolute Gasteiger partial charge is 0.491 e. The molecule has 0 saturated carbocycles. The van der Waals surface area contributed by atoms with Gasteiger partial charge in [0.2, 0.25) is 0 Å². The molecule has 2 atom stereocenters. The minimum atomic E-state index is -0.0679. The zero-order valence-electron chi connectivity index (χ0n) is 15.6. The van der Waals surface area contributed by atoms with E-state index in [0.29, 0.717) is 25.3 Å². The third-order valence-corrected chi connectivity index (χ3v) is 5.22. The number of imidazole rings is 1. The summed E-state index contributed by atoms with van der Waals surface area (Å²) in [5.41, 5.74) is 0.667. The lowest BCUT2D eigenvalue weighted by Crippen LogP contribution is -2.49. The summed E-state index contributed by atoms with van der Waals surface area (Å²) < 4.78 is 13.3. The molecule has 2 saturated heterocycles. The van der Waals surface area contributed by atoms with E-state index < -0.39 is 0 Å². The van der Waals surface area contributed by atoms with Crippen molar-refractivity contribution < 1.29 is 14.3 Å². The van der Waals surface area contributed by atoms with Gasteiger partial charge in [0.1, 0.15) is 24.2 Å². The number of hydrogen-bond donors (Lipinski definition) is 1. The average Bonchev–Trinajstić information content (AvgIpc) is 3.38. The van der Waals surface area contributed by atoms with Gasteiger partial charge in [-0.05, 0) is 37.1 Å². The minimum absolute atomic E-state index is 0.0233. The highest BCUT2D eigenvalue weighted by Gasteiger charge is 2.31. The number of nitrogens with one attached hydrogen (secondary N) is 1. The molecule has 2 unspecified atom stereocenters. The van der Waals surface area contributed by atoms with Gasteiger partial charge in [-0.15, -0.1) is 0 Å². The molecule has 27 heavy (non-hydrogen) atoms. The number of nitrogens with zero attached hydrogens (tertiary/aromatic N) is 3. The quantitative estimate of drug-likeness (QED) is 0.869. The topological polar surface area (TPSA) is 68.6 Å². The van der Waals surface area contributed by atoms with Crippen LogP contribution in [0.15, 0.2) is 36.7 Å². The second kappa shape index (κ2) is 8.10. The van der Waals surface area contributed by atoms with Crippen molar-refractivity contribution in [2.45, 2.75) is 25.0 Å². The number of amides is 1. The molecular formula is C20H26N4O3. The fraction of sp³-hybridized carbons (Fsp3) is 0.500. The highest BCUT2D eigenvalue weighted by atomic mass is 16.5. The summed E-state index contributed by atoms with van der Waals surface area (Å²) in [4.78, 5) is 19.4. The molecule has 0 radical (unpaired) electrons. The van der Waals surface area contributed by atoms with Crippen molar-refractivity contribution in [1.29, 1.82) is 0 Å². The van der Waals surface area contributed by atoms with E-state index >= 15 is 0 Å². The van der Waals surface area contributed by atoms with E-state index in [0.717, 1.165) is 37.6 Å². The minimum Gasteiger partial charge on any atom is -0.491 e. The van der Waals surface area contributed by atoms with Gasteiger partial charge in [0.25, 0.3) is 5.91 Å².